The third-order valence-electron chi connectivity index (χ3n) is 4.16. The smallest absolute Gasteiger partial charge is 0.284 e. The monoisotopic (exact) mass is 333 g/mol. The van der Waals surface area contributed by atoms with E-state index in [1.165, 1.54) is 0 Å². The summed E-state index contributed by atoms with van der Waals surface area (Å²) < 4.78 is 10.6. The van der Waals surface area contributed by atoms with Crippen molar-refractivity contribution in [3.63, 3.8) is 0 Å². The molecule has 1 amide bonds. The van der Waals surface area contributed by atoms with Crippen molar-refractivity contribution in [2.75, 3.05) is 13.2 Å². The zero-order chi connectivity index (χ0) is 16.2. The van der Waals surface area contributed by atoms with E-state index in [1.807, 2.05) is 0 Å². The second-order valence-electron chi connectivity index (χ2n) is 5.71. The lowest BCUT2D eigenvalue weighted by Gasteiger charge is -2.28. The van der Waals surface area contributed by atoms with Crippen LogP contribution in [0.4, 0.5) is 0 Å². The predicted molar refractivity (Wildman–Crippen MR) is 87.6 cm³/mol. The Morgan fingerprint density at radius 3 is 2.65 bits per heavy atom. The van der Waals surface area contributed by atoms with Gasteiger partial charge in [0.2, 0.25) is 5.89 Å². The molecule has 7 heteroatoms. The van der Waals surface area contributed by atoms with Crippen LogP contribution in [0.2, 0.25) is 0 Å². The highest BCUT2D eigenvalue weighted by Gasteiger charge is 2.22. The van der Waals surface area contributed by atoms with E-state index in [9.17, 15) is 4.79 Å². The lowest BCUT2D eigenvalue weighted by molar-refractivity contribution is 0.0538. The number of rotatable bonds is 4. The van der Waals surface area contributed by atoms with Crippen LogP contribution in [0.1, 0.15) is 30.1 Å². The number of H-pyrrole nitrogens is 1. The van der Waals surface area contributed by atoms with Crippen molar-refractivity contribution in [1.29, 1.82) is 0 Å². The summed E-state index contributed by atoms with van der Waals surface area (Å²) in [6.07, 6.45) is 1.98. The topological polar surface area (TPSA) is 80.2 Å². The van der Waals surface area contributed by atoms with Crippen molar-refractivity contribution in [3.8, 4) is 11.5 Å². The van der Waals surface area contributed by atoms with Crippen LogP contribution in [-0.4, -0.2) is 35.4 Å². The SMILES string of the molecule is C[C@@H](NC(=O)c1ccc(-c2n[nH]c(=S)o2)cc1)C1CCOCC1. The standard InChI is InChI=1S/C16H19N3O3S/c1-10(11-6-8-21-9-7-11)17-14(20)12-2-4-13(5-3-12)15-18-19-16(23)22-15/h2-5,10-11H,6-9H2,1H3,(H,17,20)(H,19,23)/t10-/m1/s1. The summed E-state index contributed by atoms with van der Waals surface area (Å²) in [6, 6.07) is 7.24. The number of hydrogen-bond donors (Lipinski definition) is 2. The third-order valence-corrected chi connectivity index (χ3v) is 4.34. The van der Waals surface area contributed by atoms with Crippen LogP contribution in [-0.2, 0) is 4.74 Å². The first-order chi connectivity index (χ1) is 11.1. The lowest BCUT2D eigenvalue weighted by atomic mass is 9.93. The maximum atomic E-state index is 12.3. The van der Waals surface area contributed by atoms with E-state index in [1.54, 1.807) is 24.3 Å². The molecular formula is C16H19N3O3S. The van der Waals surface area contributed by atoms with Crippen molar-refractivity contribution >= 4 is 18.1 Å². The lowest BCUT2D eigenvalue weighted by Crippen LogP contribution is -2.40. The van der Waals surface area contributed by atoms with Gasteiger partial charge in [-0.25, -0.2) is 5.10 Å². The van der Waals surface area contributed by atoms with Crippen LogP contribution >= 0.6 is 12.2 Å². The van der Waals surface area contributed by atoms with Crippen LogP contribution in [0.5, 0.6) is 0 Å². The Balaban J connectivity index is 1.64. The first-order valence-corrected chi connectivity index (χ1v) is 8.09. The molecule has 1 aliphatic rings. The Labute approximate surface area is 139 Å². The largest absolute Gasteiger partial charge is 0.409 e. The Kier molecular flexibility index (Phi) is 4.88. The Morgan fingerprint density at radius 2 is 2.04 bits per heavy atom. The second-order valence-corrected chi connectivity index (χ2v) is 6.08. The molecule has 122 valence electrons. The number of nitrogens with one attached hydrogen (secondary N) is 2. The first kappa shape index (κ1) is 15.9. The van der Waals surface area contributed by atoms with Crippen molar-refractivity contribution in [2.45, 2.75) is 25.8 Å². The van der Waals surface area contributed by atoms with Gasteiger partial charge in [0, 0.05) is 30.4 Å². The fraction of sp³-hybridized carbons (Fsp3) is 0.438. The molecule has 2 aromatic rings. The van der Waals surface area contributed by atoms with Crippen LogP contribution in [0.3, 0.4) is 0 Å². The summed E-state index contributed by atoms with van der Waals surface area (Å²) in [7, 11) is 0. The predicted octanol–water partition coefficient (Wildman–Crippen LogP) is 2.94. The van der Waals surface area contributed by atoms with Gasteiger partial charge in [-0.15, -0.1) is 5.10 Å². The molecule has 1 atom stereocenters. The average molecular weight is 333 g/mol. The summed E-state index contributed by atoms with van der Waals surface area (Å²) in [6.45, 7) is 3.60. The number of carbonyl (C=O) groups excluding carboxylic acids is 1. The number of carbonyl (C=O) groups is 1. The molecular weight excluding hydrogens is 314 g/mol. The molecule has 6 nitrogen and oxygen atoms in total. The number of amides is 1. The second kappa shape index (κ2) is 7.06. The summed E-state index contributed by atoms with van der Waals surface area (Å²) in [5, 5.41) is 9.61. The molecule has 2 heterocycles. The highest BCUT2D eigenvalue weighted by molar-refractivity contribution is 7.71. The fourth-order valence-electron chi connectivity index (χ4n) is 2.74. The number of ether oxygens (including phenoxy) is 1. The summed E-state index contributed by atoms with van der Waals surface area (Å²) in [5.74, 6) is 0.816. The number of aromatic nitrogens is 2. The van der Waals surface area contributed by atoms with E-state index in [2.05, 4.69) is 22.4 Å². The molecule has 0 radical (unpaired) electrons. The van der Waals surface area contributed by atoms with Gasteiger partial charge in [-0.3, -0.25) is 4.79 Å². The van der Waals surface area contributed by atoms with Gasteiger partial charge in [-0.2, -0.15) is 0 Å². The van der Waals surface area contributed by atoms with Gasteiger partial charge in [0.05, 0.1) is 0 Å². The van der Waals surface area contributed by atoms with E-state index in [4.69, 9.17) is 21.4 Å². The van der Waals surface area contributed by atoms with Crippen LogP contribution in [0.25, 0.3) is 11.5 Å². The molecule has 1 saturated heterocycles. The molecule has 2 N–H and O–H groups in total. The van der Waals surface area contributed by atoms with Crippen LogP contribution in [0, 0.1) is 10.8 Å². The molecule has 23 heavy (non-hydrogen) atoms. The van der Waals surface area contributed by atoms with Gasteiger partial charge < -0.3 is 14.5 Å². The maximum absolute atomic E-state index is 12.3. The minimum absolute atomic E-state index is 0.0709. The molecule has 0 bridgehead atoms. The van der Waals surface area contributed by atoms with E-state index in [0.29, 0.717) is 17.4 Å². The number of aromatic amines is 1. The number of hydrogen-bond acceptors (Lipinski definition) is 5. The molecule has 0 saturated carbocycles. The zero-order valence-corrected chi connectivity index (χ0v) is 13.7. The first-order valence-electron chi connectivity index (χ1n) is 7.68. The van der Waals surface area contributed by atoms with Crippen LogP contribution < -0.4 is 5.32 Å². The maximum Gasteiger partial charge on any atom is 0.284 e. The minimum atomic E-state index is -0.0709. The van der Waals surface area contributed by atoms with Crippen molar-refractivity contribution in [3.05, 3.63) is 34.7 Å². The molecule has 0 unspecified atom stereocenters. The van der Waals surface area contributed by atoms with E-state index in [0.717, 1.165) is 31.6 Å². The molecule has 1 aliphatic heterocycles. The Morgan fingerprint density at radius 1 is 1.35 bits per heavy atom. The highest BCUT2D eigenvalue weighted by Crippen LogP contribution is 2.20. The molecule has 0 spiro atoms. The summed E-state index contributed by atoms with van der Waals surface area (Å²) in [5.41, 5.74) is 1.38. The van der Waals surface area contributed by atoms with Crippen molar-refractivity contribution in [1.82, 2.24) is 15.5 Å². The van der Waals surface area contributed by atoms with Gasteiger partial charge in [0.15, 0.2) is 0 Å². The average Bonchev–Trinajstić information content (AvgIpc) is 3.02. The van der Waals surface area contributed by atoms with E-state index in [-0.39, 0.29) is 16.8 Å². The Bertz CT molecular complexity index is 717. The molecule has 3 rings (SSSR count). The zero-order valence-electron chi connectivity index (χ0n) is 12.9. The highest BCUT2D eigenvalue weighted by atomic mass is 32.1. The molecule has 1 fully saturated rings. The molecule has 0 aliphatic carbocycles. The number of benzene rings is 1. The van der Waals surface area contributed by atoms with Gasteiger partial charge in [-0.1, -0.05) is 0 Å². The third kappa shape index (κ3) is 3.86. The van der Waals surface area contributed by atoms with Gasteiger partial charge in [-0.05, 0) is 62.2 Å². The minimum Gasteiger partial charge on any atom is -0.409 e. The van der Waals surface area contributed by atoms with Crippen LogP contribution in [0.15, 0.2) is 28.7 Å². The molecule has 1 aromatic heterocycles. The van der Waals surface area contributed by atoms with Crippen molar-refractivity contribution in [2.24, 2.45) is 5.92 Å². The van der Waals surface area contributed by atoms with Gasteiger partial charge in [0.25, 0.3) is 10.7 Å². The fourth-order valence-corrected chi connectivity index (χ4v) is 2.87. The van der Waals surface area contributed by atoms with Gasteiger partial charge in [0.1, 0.15) is 0 Å². The molecule has 1 aromatic carbocycles. The van der Waals surface area contributed by atoms with E-state index >= 15 is 0 Å². The summed E-state index contributed by atoms with van der Waals surface area (Å²) in [4.78, 5) is 12.6. The quantitative estimate of drug-likeness (QED) is 0.841. The van der Waals surface area contributed by atoms with E-state index < -0.39 is 0 Å². The Hall–Kier alpha value is -1.99. The normalized spacial score (nSPS) is 16.9. The number of nitrogens with zero attached hydrogens (tertiary/aromatic N) is 1. The van der Waals surface area contributed by atoms with Crippen molar-refractivity contribution < 1.29 is 13.9 Å². The summed E-state index contributed by atoms with van der Waals surface area (Å²) >= 11 is 4.85. The van der Waals surface area contributed by atoms with Gasteiger partial charge >= 0.3 is 0 Å².